The van der Waals surface area contributed by atoms with Gasteiger partial charge in [0.1, 0.15) is 10.8 Å². The largest absolute Gasteiger partial charge is 0.396 e. The first-order valence-electron chi connectivity index (χ1n) is 8.93. The molecule has 0 radical (unpaired) electrons. The fourth-order valence-corrected chi connectivity index (χ4v) is 4.91. The summed E-state index contributed by atoms with van der Waals surface area (Å²) in [7, 11) is 0. The lowest BCUT2D eigenvalue weighted by Gasteiger charge is -2.11. The van der Waals surface area contributed by atoms with E-state index in [1.54, 1.807) is 12.1 Å². The first-order valence-corrected chi connectivity index (χ1v) is 10.1. The molecule has 0 aliphatic rings. The van der Waals surface area contributed by atoms with Crippen LogP contribution in [0.25, 0.3) is 43.1 Å². The van der Waals surface area contributed by atoms with Gasteiger partial charge in [0, 0.05) is 39.0 Å². The summed E-state index contributed by atoms with van der Waals surface area (Å²) in [5.41, 5.74) is 16.8. The molecule has 5 rings (SSSR count). The van der Waals surface area contributed by atoms with E-state index in [9.17, 15) is 4.39 Å². The molecular weight excluding hydrogens is 405 g/mol. The molecule has 2 heterocycles. The van der Waals surface area contributed by atoms with Crippen molar-refractivity contribution in [2.75, 3.05) is 11.5 Å². The number of rotatable bonds is 2. The van der Waals surface area contributed by atoms with Gasteiger partial charge >= 0.3 is 0 Å². The smallest absolute Gasteiger partial charge is 0.141 e. The molecule has 142 valence electrons. The van der Waals surface area contributed by atoms with Crippen molar-refractivity contribution in [2.45, 2.75) is 0 Å². The number of pyridine rings is 1. The van der Waals surface area contributed by atoms with Crippen LogP contribution in [0.3, 0.4) is 0 Å². The van der Waals surface area contributed by atoms with E-state index in [0.29, 0.717) is 10.7 Å². The molecule has 0 fully saturated rings. The van der Waals surface area contributed by atoms with Gasteiger partial charge in [-0.3, -0.25) is 4.98 Å². The zero-order valence-corrected chi connectivity index (χ0v) is 16.7. The summed E-state index contributed by atoms with van der Waals surface area (Å²) in [6, 6.07) is 16.8. The fourth-order valence-electron chi connectivity index (χ4n) is 3.69. The number of thiophene rings is 1. The summed E-state index contributed by atoms with van der Waals surface area (Å²) in [6.45, 7) is 0. The summed E-state index contributed by atoms with van der Waals surface area (Å²) < 4.78 is 14.6. The molecule has 0 bridgehead atoms. The summed E-state index contributed by atoms with van der Waals surface area (Å²) in [5.74, 6) is -0.456. The topological polar surface area (TPSA) is 64.9 Å². The van der Waals surface area contributed by atoms with Crippen LogP contribution in [0.4, 0.5) is 15.1 Å². The Morgan fingerprint density at radius 1 is 0.897 bits per heavy atom. The van der Waals surface area contributed by atoms with Crippen molar-refractivity contribution < 1.29 is 4.39 Å². The molecule has 0 aliphatic heterocycles. The van der Waals surface area contributed by atoms with E-state index in [0.717, 1.165) is 43.1 Å². The van der Waals surface area contributed by atoms with Gasteiger partial charge in [-0.2, -0.15) is 0 Å². The van der Waals surface area contributed by atoms with E-state index in [1.807, 2.05) is 42.7 Å². The maximum Gasteiger partial charge on any atom is 0.141 e. The Bertz CT molecular complexity index is 1410. The van der Waals surface area contributed by atoms with Crippen molar-refractivity contribution >= 4 is 54.5 Å². The van der Waals surface area contributed by atoms with Gasteiger partial charge in [-0.1, -0.05) is 54.1 Å². The highest BCUT2D eigenvalue weighted by atomic mass is 35.5. The van der Waals surface area contributed by atoms with Crippen molar-refractivity contribution in [1.82, 2.24) is 4.98 Å². The second-order valence-electron chi connectivity index (χ2n) is 6.78. The molecule has 6 heteroatoms. The quantitative estimate of drug-likeness (QED) is 0.333. The van der Waals surface area contributed by atoms with Crippen molar-refractivity contribution in [1.29, 1.82) is 0 Å². The molecule has 0 saturated heterocycles. The molecule has 0 aliphatic carbocycles. The molecule has 0 spiro atoms. The highest BCUT2D eigenvalue weighted by Crippen LogP contribution is 2.47. The molecular formula is C23H15ClFN3S. The second-order valence-corrected chi connectivity index (χ2v) is 8.24. The molecule has 5 aromatic rings. The van der Waals surface area contributed by atoms with Gasteiger partial charge < -0.3 is 11.5 Å². The number of halogens is 2. The number of nitrogens with zero attached hydrogens (tertiary/aromatic N) is 1. The molecule has 0 unspecified atom stereocenters. The summed E-state index contributed by atoms with van der Waals surface area (Å²) in [5, 5.41) is 3.63. The molecule has 4 N–H and O–H groups in total. The molecule has 0 atom stereocenters. The van der Waals surface area contributed by atoms with E-state index in [2.05, 4.69) is 11.1 Å². The molecule has 3 nitrogen and oxygen atoms in total. The number of fused-ring (bicyclic) bond motifs is 2. The van der Waals surface area contributed by atoms with Gasteiger partial charge in [-0.25, -0.2) is 4.39 Å². The maximum absolute atomic E-state index is 13.7. The van der Waals surface area contributed by atoms with Gasteiger partial charge in [0.05, 0.1) is 10.7 Å². The zero-order valence-electron chi connectivity index (χ0n) is 15.1. The average molecular weight is 420 g/mol. The van der Waals surface area contributed by atoms with E-state index >= 15 is 0 Å². The summed E-state index contributed by atoms with van der Waals surface area (Å²) >= 11 is 7.46. The van der Waals surface area contributed by atoms with Crippen LogP contribution in [0, 0.1) is 5.82 Å². The lowest BCUT2D eigenvalue weighted by molar-refractivity contribution is 0.628. The predicted octanol–water partition coefficient (Wildman–Crippen LogP) is 6.74. The van der Waals surface area contributed by atoms with Crippen molar-refractivity contribution in [3.05, 3.63) is 77.8 Å². The van der Waals surface area contributed by atoms with Gasteiger partial charge in [0.15, 0.2) is 0 Å². The molecule has 29 heavy (non-hydrogen) atoms. The van der Waals surface area contributed by atoms with Crippen LogP contribution in [0.15, 0.2) is 67.0 Å². The lowest BCUT2D eigenvalue weighted by atomic mass is 9.94. The normalized spacial score (nSPS) is 11.4. The number of benzene rings is 3. The minimum atomic E-state index is -0.456. The number of nitrogen functional groups attached to an aromatic ring is 2. The third kappa shape index (κ3) is 2.82. The predicted molar refractivity (Wildman–Crippen MR) is 122 cm³/mol. The van der Waals surface area contributed by atoms with Crippen LogP contribution in [-0.4, -0.2) is 4.98 Å². The molecule has 3 aromatic carbocycles. The number of nitrogens with two attached hydrogens (primary N) is 2. The number of hydrogen-bond acceptors (Lipinski definition) is 4. The highest BCUT2D eigenvalue weighted by Gasteiger charge is 2.18. The average Bonchev–Trinajstić information content (AvgIpc) is 3.04. The van der Waals surface area contributed by atoms with Crippen molar-refractivity contribution in [3.63, 3.8) is 0 Å². The Morgan fingerprint density at radius 3 is 2.52 bits per heavy atom. The SMILES string of the molecule is Nc1sc2c(-c3cncc4ccccc34)ccc(-c3ccc(F)c(Cl)c3)c2c1N. The minimum Gasteiger partial charge on any atom is -0.396 e. The Morgan fingerprint density at radius 2 is 1.69 bits per heavy atom. The van der Waals surface area contributed by atoms with Gasteiger partial charge in [0.25, 0.3) is 0 Å². The van der Waals surface area contributed by atoms with Crippen LogP contribution in [0.2, 0.25) is 5.02 Å². The van der Waals surface area contributed by atoms with E-state index < -0.39 is 5.82 Å². The Labute approximate surface area is 175 Å². The first kappa shape index (κ1) is 17.9. The Kier molecular flexibility index (Phi) is 4.15. The van der Waals surface area contributed by atoms with Gasteiger partial charge in [-0.15, -0.1) is 11.3 Å². The monoisotopic (exact) mass is 419 g/mol. The lowest BCUT2D eigenvalue weighted by Crippen LogP contribution is -1.91. The number of hydrogen-bond donors (Lipinski definition) is 2. The minimum absolute atomic E-state index is 0.0692. The van der Waals surface area contributed by atoms with Crippen LogP contribution >= 0.6 is 22.9 Å². The standard InChI is InChI=1S/C23H15ClFN3S/c24-18-9-12(5-8-19(18)25)15-6-7-16(22-20(15)21(26)23(27)29-22)17-11-28-10-13-3-1-2-4-14(13)17/h1-11H,26-27H2. The highest BCUT2D eigenvalue weighted by molar-refractivity contribution is 7.24. The summed E-state index contributed by atoms with van der Waals surface area (Å²) in [6.07, 6.45) is 3.71. The third-order valence-electron chi connectivity index (χ3n) is 5.09. The fraction of sp³-hybridized carbons (Fsp3) is 0. The van der Waals surface area contributed by atoms with Crippen LogP contribution in [-0.2, 0) is 0 Å². The van der Waals surface area contributed by atoms with Gasteiger partial charge in [0.2, 0.25) is 0 Å². The second kappa shape index (κ2) is 6.72. The van der Waals surface area contributed by atoms with E-state index in [-0.39, 0.29) is 5.02 Å². The Hall–Kier alpha value is -3.15. The molecule has 0 amide bonds. The van der Waals surface area contributed by atoms with E-state index in [1.165, 1.54) is 17.4 Å². The van der Waals surface area contributed by atoms with Crippen LogP contribution in [0.5, 0.6) is 0 Å². The van der Waals surface area contributed by atoms with Crippen LogP contribution in [0.1, 0.15) is 0 Å². The number of aromatic nitrogens is 1. The molecule has 0 saturated carbocycles. The zero-order chi connectivity index (χ0) is 20.1. The first-order chi connectivity index (χ1) is 14.0. The summed E-state index contributed by atoms with van der Waals surface area (Å²) in [4.78, 5) is 4.41. The third-order valence-corrected chi connectivity index (χ3v) is 6.45. The maximum atomic E-state index is 13.7. The van der Waals surface area contributed by atoms with Crippen molar-refractivity contribution in [3.8, 4) is 22.3 Å². The number of anilines is 2. The Balaban J connectivity index is 1.84. The van der Waals surface area contributed by atoms with E-state index in [4.69, 9.17) is 23.1 Å². The van der Waals surface area contributed by atoms with Crippen molar-refractivity contribution in [2.24, 2.45) is 0 Å². The van der Waals surface area contributed by atoms with Gasteiger partial charge in [-0.05, 0) is 28.6 Å². The van der Waals surface area contributed by atoms with Crippen LogP contribution < -0.4 is 11.5 Å². The molecule has 2 aromatic heterocycles.